The second kappa shape index (κ2) is 10.6. The van der Waals surface area contributed by atoms with Crippen LogP contribution in [-0.4, -0.2) is 51.0 Å². The Kier molecular flexibility index (Phi) is 7.36. The molecule has 3 aromatic rings. The third-order valence-corrected chi connectivity index (χ3v) is 5.86. The van der Waals surface area contributed by atoms with E-state index in [1.165, 1.54) is 12.1 Å². The molecule has 2 unspecified atom stereocenters. The molecule has 1 fully saturated rings. The number of non-ortho nitro benzene ring substituents is 1. The van der Waals surface area contributed by atoms with E-state index in [9.17, 15) is 14.9 Å². The smallest absolute Gasteiger partial charge is 0.269 e. The highest BCUT2D eigenvalue weighted by Crippen LogP contribution is 2.22. The van der Waals surface area contributed by atoms with E-state index in [4.69, 9.17) is 4.74 Å². The van der Waals surface area contributed by atoms with E-state index in [1.807, 2.05) is 56.0 Å². The van der Waals surface area contributed by atoms with Gasteiger partial charge in [-0.3, -0.25) is 14.9 Å². The van der Waals surface area contributed by atoms with Gasteiger partial charge in [-0.05, 0) is 50.1 Å². The molecule has 1 N–H and O–H groups in total. The lowest BCUT2D eigenvalue weighted by Gasteiger charge is -2.35. The van der Waals surface area contributed by atoms with Gasteiger partial charge in [-0.15, -0.1) is 0 Å². The van der Waals surface area contributed by atoms with Crippen molar-refractivity contribution < 1.29 is 14.5 Å². The second-order valence-corrected chi connectivity index (χ2v) is 8.74. The molecule has 1 aliphatic heterocycles. The van der Waals surface area contributed by atoms with Gasteiger partial charge in [-0.2, -0.15) is 0 Å². The highest BCUT2D eigenvalue weighted by atomic mass is 16.6. The van der Waals surface area contributed by atoms with Gasteiger partial charge in [-0.25, -0.2) is 9.97 Å². The van der Waals surface area contributed by atoms with E-state index < -0.39 is 4.92 Å². The van der Waals surface area contributed by atoms with Crippen molar-refractivity contribution in [2.75, 3.05) is 18.4 Å². The summed E-state index contributed by atoms with van der Waals surface area (Å²) in [6, 6.07) is 15.7. The molecule has 1 aliphatic rings. The highest BCUT2D eigenvalue weighted by molar-refractivity contribution is 5.94. The number of aromatic nitrogens is 2. The highest BCUT2D eigenvalue weighted by Gasteiger charge is 2.26. The van der Waals surface area contributed by atoms with Gasteiger partial charge >= 0.3 is 0 Å². The zero-order chi connectivity index (χ0) is 24.9. The fourth-order valence-electron chi connectivity index (χ4n) is 4.11. The topological polar surface area (TPSA) is 110 Å². The Balaban J connectivity index is 1.44. The Bertz CT molecular complexity index is 1190. The van der Waals surface area contributed by atoms with Crippen molar-refractivity contribution in [3.05, 3.63) is 81.5 Å². The molecule has 0 radical (unpaired) electrons. The number of nitro groups is 1. The van der Waals surface area contributed by atoms with Crippen LogP contribution in [0, 0.1) is 10.1 Å². The Hall–Kier alpha value is -3.85. The molecule has 9 heteroatoms. The molecule has 9 nitrogen and oxygen atoms in total. The zero-order valence-electron chi connectivity index (χ0n) is 20.1. The summed E-state index contributed by atoms with van der Waals surface area (Å²) in [5, 5.41) is 14.3. The van der Waals surface area contributed by atoms with Gasteiger partial charge in [0.25, 0.3) is 11.6 Å². The summed E-state index contributed by atoms with van der Waals surface area (Å²) < 4.78 is 5.72. The molecule has 2 heterocycles. The Morgan fingerprint density at radius 2 is 1.74 bits per heavy atom. The summed E-state index contributed by atoms with van der Waals surface area (Å²) in [6.07, 6.45) is 0.790. The Labute approximate surface area is 204 Å². The fourth-order valence-corrected chi connectivity index (χ4v) is 4.11. The van der Waals surface area contributed by atoms with Gasteiger partial charge in [-0.1, -0.05) is 19.1 Å². The molecule has 1 aromatic heterocycles. The number of carbonyl (C=O) groups is 1. The fraction of sp³-hybridized carbons (Fsp3) is 0.346. The van der Waals surface area contributed by atoms with Crippen LogP contribution in [-0.2, 0) is 17.7 Å². The largest absolute Gasteiger partial charge is 0.372 e. The van der Waals surface area contributed by atoms with Crippen molar-refractivity contribution in [1.82, 2.24) is 14.9 Å². The number of hydrogen-bond acceptors (Lipinski definition) is 7. The van der Waals surface area contributed by atoms with Crippen molar-refractivity contribution in [3.8, 4) is 11.4 Å². The third kappa shape index (κ3) is 5.99. The van der Waals surface area contributed by atoms with E-state index in [0.29, 0.717) is 42.4 Å². The maximum atomic E-state index is 12.9. The first-order valence-corrected chi connectivity index (χ1v) is 11.7. The number of nitrogens with zero attached hydrogens (tertiary/aromatic N) is 4. The maximum absolute atomic E-state index is 12.9. The monoisotopic (exact) mass is 475 g/mol. The lowest BCUT2D eigenvalue weighted by atomic mass is 10.1. The van der Waals surface area contributed by atoms with Gasteiger partial charge in [0.2, 0.25) is 0 Å². The predicted octanol–water partition coefficient (Wildman–Crippen LogP) is 4.48. The summed E-state index contributed by atoms with van der Waals surface area (Å²) in [6.45, 7) is 7.69. The molecule has 1 saturated heterocycles. The summed E-state index contributed by atoms with van der Waals surface area (Å²) in [5.41, 5.74) is 3.28. The molecule has 2 atom stereocenters. The number of carbonyl (C=O) groups excluding carboxylic acids is 1. The number of ether oxygens (including phenoxy) is 1. The molecule has 1 amide bonds. The normalized spacial score (nSPS) is 17.7. The van der Waals surface area contributed by atoms with Crippen LogP contribution in [0.25, 0.3) is 11.4 Å². The molecule has 0 bridgehead atoms. The third-order valence-electron chi connectivity index (χ3n) is 5.86. The molecule has 35 heavy (non-hydrogen) atoms. The molecule has 0 spiro atoms. The molecular formula is C26H29N5O4. The SMILES string of the molecule is CCc1cc(NCc2ccc(C(=O)N3CC(C)OC(C)C3)cc2)nc(-c2ccc([N+](=O)[O-])cc2)n1. The minimum Gasteiger partial charge on any atom is -0.372 e. The van der Waals surface area contributed by atoms with Crippen LogP contribution in [0.2, 0.25) is 0 Å². The number of hydrogen-bond donors (Lipinski definition) is 1. The van der Waals surface area contributed by atoms with Crippen molar-refractivity contribution in [1.29, 1.82) is 0 Å². The average Bonchev–Trinajstić information content (AvgIpc) is 2.86. The minimum absolute atomic E-state index is 0.0163. The summed E-state index contributed by atoms with van der Waals surface area (Å²) >= 11 is 0. The summed E-state index contributed by atoms with van der Waals surface area (Å²) in [7, 11) is 0. The van der Waals surface area contributed by atoms with Gasteiger partial charge < -0.3 is 15.0 Å². The van der Waals surface area contributed by atoms with Gasteiger partial charge in [0.15, 0.2) is 5.82 Å². The van der Waals surface area contributed by atoms with E-state index >= 15 is 0 Å². The number of benzene rings is 2. The van der Waals surface area contributed by atoms with Crippen LogP contribution >= 0.6 is 0 Å². The number of anilines is 1. The van der Waals surface area contributed by atoms with E-state index in [0.717, 1.165) is 17.7 Å². The Morgan fingerprint density at radius 3 is 2.34 bits per heavy atom. The number of aryl methyl sites for hydroxylation is 1. The average molecular weight is 476 g/mol. The summed E-state index contributed by atoms with van der Waals surface area (Å²) in [5.74, 6) is 1.20. The quantitative estimate of drug-likeness (QED) is 0.396. The van der Waals surface area contributed by atoms with Gasteiger partial charge in [0.1, 0.15) is 5.82 Å². The van der Waals surface area contributed by atoms with Crippen LogP contribution in [0.4, 0.5) is 11.5 Å². The molecule has 182 valence electrons. The Morgan fingerprint density at radius 1 is 1.09 bits per heavy atom. The van der Waals surface area contributed by atoms with Crippen molar-refractivity contribution in [2.24, 2.45) is 0 Å². The number of amides is 1. The van der Waals surface area contributed by atoms with Crippen LogP contribution in [0.15, 0.2) is 54.6 Å². The van der Waals surface area contributed by atoms with Crippen molar-refractivity contribution >= 4 is 17.4 Å². The first-order valence-electron chi connectivity index (χ1n) is 11.7. The zero-order valence-corrected chi connectivity index (χ0v) is 20.1. The van der Waals surface area contributed by atoms with Gasteiger partial charge in [0, 0.05) is 54.7 Å². The molecule has 0 aliphatic carbocycles. The summed E-state index contributed by atoms with van der Waals surface area (Å²) in [4.78, 5) is 34.4. The second-order valence-electron chi connectivity index (χ2n) is 8.74. The molecule has 2 aromatic carbocycles. The van der Waals surface area contributed by atoms with Crippen LogP contribution in [0.5, 0.6) is 0 Å². The number of nitrogens with one attached hydrogen (secondary N) is 1. The van der Waals surface area contributed by atoms with Crippen LogP contribution < -0.4 is 5.32 Å². The first-order chi connectivity index (χ1) is 16.8. The number of rotatable bonds is 7. The van der Waals surface area contributed by atoms with Crippen LogP contribution in [0.3, 0.4) is 0 Å². The molecule has 4 rings (SSSR count). The number of morpholine rings is 1. The van der Waals surface area contributed by atoms with Crippen LogP contribution in [0.1, 0.15) is 42.4 Å². The van der Waals surface area contributed by atoms with E-state index in [1.54, 1.807) is 12.1 Å². The number of nitro benzene ring substituents is 1. The molecule has 0 saturated carbocycles. The lowest BCUT2D eigenvalue weighted by molar-refractivity contribution is -0.384. The van der Waals surface area contributed by atoms with E-state index in [-0.39, 0.29) is 23.8 Å². The first kappa shape index (κ1) is 24.3. The standard InChI is InChI=1S/C26H29N5O4/c1-4-22-13-24(29-25(28-22)20-9-11-23(12-10-20)31(33)34)27-14-19-5-7-21(8-6-19)26(32)30-15-17(2)35-18(3)16-30/h5-13,17-18H,4,14-16H2,1-3H3,(H,27,28,29). The van der Waals surface area contributed by atoms with E-state index in [2.05, 4.69) is 15.3 Å². The minimum atomic E-state index is -0.430. The molecular weight excluding hydrogens is 446 g/mol. The van der Waals surface area contributed by atoms with Gasteiger partial charge in [0.05, 0.1) is 17.1 Å². The predicted molar refractivity (Wildman–Crippen MR) is 133 cm³/mol. The lowest BCUT2D eigenvalue weighted by Crippen LogP contribution is -2.48. The van der Waals surface area contributed by atoms with Crippen molar-refractivity contribution in [3.63, 3.8) is 0 Å². The maximum Gasteiger partial charge on any atom is 0.269 e. The van der Waals surface area contributed by atoms with Crippen molar-refractivity contribution in [2.45, 2.75) is 45.9 Å².